The third kappa shape index (κ3) is 5.48. The lowest BCUT2D eigenvalue weighted by molar-refractivity contribution is 0.182. The van der Waals surface area contributed by atoms with E-state index in [1.807, 2.05) is 13.0 Å². The van der Waals surface area contributed by atoms with Crippen LogP contribution in [-0.4, -0.2) is 18.3 Å². The first kappa shape index (κ1) is 15.8. The van der Waals surface area contributed by atoms with E-state index in [0.717, 1.165) is 30.6 Å². The summed E-state index contributed by atoms with van der Waals surface area (Å²) >= 11 is 0. The van der Waals surface area contributed by atoms with Gasteiger partial charge in [-0.3, -0.25) is 0 Å². The summed E-state index contributed by atoms with van der Waals surface area (Å²) in [5.74, 6) is 1.43. The van der Waals surface area contributed by atoms with Crippen LogP contribution in [0.1, 0.15) is 57.1 Å². The van der Waals surface area contributed by atoms with Gasteiger partial charge in [0.25, 0.3) is 0 Å². The molecule has 106 valence electrons. The molecule has 1 atom stereocenters. The minimum absolute atomic E-state index is 0.202. The zero-order valence-corrected chi connectivity index (χ0v) is 12.5. The van der Waals surface area contributed by atoms with Crippen LogP contribution in [0, 0.1) is 0 Å². The first-order chi connectivity index (χ1) is 9.04. The average molecular weight is 262 g/mol. The van der Waals surface area contributed by atoms with Crippen molar-refractivity contribution in [3.8, 4) is 5.75 Å². The highest BCUT2D eigenvalue weighted by Crippen LogP contribution is 2.25. The normalized spacial score (nSPS) is 13.2. The highest BCUT2D eigenvalue weighted by Gasteiger charge is 2.04. The number of hydrogen-bond acceptors (Lipinski definition) is 2. The molecule has 0 aliphatic rings. The van der Waals surface area contributed by atoms with E-state index >= 15 is 0 Å². The van der Waals surface area contributed by atoms with Gasteiger partial charge >= 0.3 is 0 Å². The predicted octanol–water partition coefficient (Wildman–Crippen LogP) is 4.38. The lowest BCUT2D eigenvalue weighted by atomic mass is 10.00. The van der Waals surface area contributed by atoms with Crippen molar-refractivity contribution in [3.05, 3.63) is 35.4 Å². The molecule has 0 spiro atoms. The maximum Gasteiger partial charge on any atom is 0.126 e. The van der Waals surface area contributed by atoms with Crippen molar-refractivity contribution in [1.29, 1.82) is 0 Å². The van der Waals surface area contributed by atoms with E-state index in [1.54, 1.807) is 7.11 Å². The van der Waals surface area contributed by atoms with Crippen molar-refractivity contribution in [1.82, 2.24) is 0 Å². The second-order valence-electron chi connectivity index (χ2n) is 5.34. The number of aliphatic hydroxyl groups excluding tert-OH is 1. The molecule has 0 aliphatic carbocycles. The van der Waals surface area contributed by atoms with Gasteiger partial charge in [-0.25, -0.2) is 0 Å². The highest BCUT2D eigenvalue weighted by molar-refractivity contribution is 5.58. The Morgan fingerprint density at radius 2 is 2.00 bits per heavy atom. The van der Waals surface area contributed by atoms with Crippen LogP contribution < -0.4 is 4.74 Å². The van der Waals surface area contributed by atoms with Crippen molar-refractivity contribution in [2.45, 2.75) is 52.1 Å². The number of ether oxygens (including phenoxy) is 1. The molecule has 0 unspecified atom stereocenters. The maximum absolute atomic E-state index is 9.20. The number of methoxy groups -OCH3 is 1. The van der Waals surface area contributed by atoms with E-state index in [9.17, 15) is 5.11 Å². The molecule has 1 aromatic carbocycles. The van der Waals surface area contributed by atoms with Gasteiger partial charge in [0.1, 0.15) is 5.75 Å². The molecule has 0 aromatic heterocycles. The molecular weight excluding hydrogens is 236 g/mol. The summed E-state index contributed by atoms with van der Waals surface area (Å²) < 4.78 is 5.38. The molecule has 0 heterocycles. The molecule has 2 heteroatoms. The molecule has 2 nitrogen and oxygen atoms in total. The van der Waals surface area contributed by atoms with Gasteiger partial charge in [-0.15, -0.1) is 0 Å². The summed E-state index contributed by atoms with van der Waals surface area (Å²) in [6.07, 6.45) is 6.93. The molecule has 0 radical (unpaired) electrons. The fourth-order valence-electron chi connectivity index (χ4n) is 1.98. The Hall–Kier alpha value is -1.28. The Bertz CT molecular complexity index is 406. The van der Waals surface area contributed by atoms with Crippen LogP contribution in [0.25, 0.3) is 6.08 Å². The number of rotatable bonds is 7. The standard InChI is InChI=1S/C17H26O2/c1-13(2)15-10-11-17(19-4)16(12-15)9-7-5-6-8-14(3)18/h7,9-14,18H,5-6,8H2,1-4H3/b9-7+/t14-/m1/s1. The van der Waals surface area contributed by atoms with Crippen molar-refractivity contribution >= 4 is 6.08 Å². The second-order valence-corrected chi connectivity index (χ2v) is 5.34. The monoisotopic (exact) mass is 262 g/mol. The summed E-state index contributed by atoms with van der Waals surface area (Å²) in [7, 11) is 1.70. The fourth-order valence-corrected chi connectivity index (χ4v) is 1.98. The largest absolute Gasteiger partial charge is 0.496 e. The SMILES string of the molecule is COc1ccc(C(C)C)cc1/C=C/CCC[C@@H](C)O. The summed E-state index contributed by atoms with van der Waals surface area (Å²) in [6, 6.07) is 6.34. The molecule has 0 saturated carbocycles. The third-order valence-electron chi connectivity index (χ3n) is 3.21. The number of benzene rings is 1. The van der Waals surface area contributed by atoms with Crippen LogP contribution in [0.5, 0.6) is 5.75 Å². The molecule has 1 aromatic rings. The molecule has 19 heavy (non-hydrogen) atoms. The summed E-state index contributed by atoms with van der Waals surface area (Å²) in [6.45, 7) is 6.22. The van der Waals surface area contributed by atoms with E-state index in [2.05, 4.69) is 38.1 Å². The van der Waals surface area contributed by atoms with Crippen molar-refractivity contribution in [2.75, 3.05) is 7.11 Å². The van der Waals surface area contributed by atoms with Crippen molar-refractivity contribution < 1.29 is 9.84 Å². The maximum atomic E-state index is 9.20. The molecule has 1 rings (SSSR count). The molecule has 1 N–H and O–H groups in total. The Balaban J connectivity index is 2.69. The highest BCUT2D eigenvalue weighted by atomic mass is 16.5. The minimum Gasteiger partial charge on any atom is -0.496 e. The number of allylic oxidation sites excluding steroid dienone is 1. The molecule has 0 fully saturated rings. The molecular formula is C17H26O2. The topological polar surface area (TPSA) is 29.5 Å². The summed E-state index contributed by atoms with van der Waals surface area (Å²) in [5.41, 5.74) is 2.45. The van der Waals surface area contributed by atoms with Crippen LogP contribution in [-0.2, 0) is 0 Å². The summed E-state index contributed by atoms with van der Waals surface area (Å²) in [4.78, 5) is 0. The fraction of sp³-hybridized carbons (Fsp3) is 0.529. The van der Waals surface area contributed by atoms with Gasteiger partial charge in [0.15, 0.2) is 0 Å². The van der Waals surface area contributed by atoms with Crippen LogP contribution >= 0.6 is 0 Å². The molecule has 0 aliphatic heterocycles. The quantitative estimate of drug-likeness (QED) is 0.739. The Kier molecular flexibility index (Phi) is 6.65. The first-order valence-electron chi connectivity index (χ1n) is 7.07. The van der Waals surface area contributed by atoms with Crippen molar-refractivity contribution in [2.24, 2.45) is 0 Å². The van der Waals surface area contributed by atoms with E-state index < -0.39 is 0 Å². The van der Waals surface area contributed by atoms with Crippen LogP contribution in [0.4, 0.5) is 0 Å². The Morgan fingerprint density at radius 1 is 1.26 bits per heavy atom. The Morgan fingerprint density at radius 3 is 2.58 bits per heavy atom. The summed E-state index contributed by atoms with van der Waals surface area (Å²) in [5, 5.41) is 9.20. The van der Waals surface area contributed by atoms with E-state index in [-0.39, 0.29) is 6.10 Å². The zero-order valence-electron chi connectivity index (χ0n) is 12.5. The van der Waals surface area contributed by atoms with Crippen LogP contribution in [0.3, 0.4) is 0 Å². The molecule has 0 saturated heterocycles. The lowest BCUT2D eigenvalue weighted by Gasteiger charge is -2.10. The van der Waals surface area contributed by atoms with E-state index in [4.69, 9.17) is 4.74 Å². The second kappa shape index (κ2) is 8.00. The van der Waals surface area contributed by atoms with Gasteiger partial charge in [-0.2, -0.15) is 0 Å². The van der Waals surface area contributed by atoms with E-state index in [0.29, 0.717) is 5.92 Å². The smallest absolute Gasteiger partial charge is 0.126 e. The molecule has 0 bridgehead atoms. The Labute approximate surface area is 117 Å². The number of aliphatic hydroxyl groups is 1. The van der Waals surface area contributed by atoms with Crippen molar-refractivity contribution in [3.63, 3.8) is 0 Å². The van der Waals surface area contributed by atoms with Gasteiger partial charge in [-0.1, -0.05) is 32.1 Å². The first-order valence-corrected chi connectivity index (χ1v) is 7.07. The average Bonchev–Trinajstić information content (AvgIpc) is 2.37. The van der Waals surface area contributed by atoms with E-state index in [1.165, 1.54) is 5.56 Å². The number of hydrogen-bond donors (Lipinski definition) is 1. The van der Waals surface area contributed by atoms with Crippen LogP contribution in [0.2, 0.25) is 0 Å². The zero-order chi connectivity index (χ0) is 14.3. The van der Waals surface area contributed by atoms with Crippen LogP contribution in [0.15, 0.2) is 24.3 Å². The molecule has 0 amide bonds. The van der Waals surface area contributed by atoms with Gasteiger partial charge < -0.3 is 9.84 Å². The minimum atomic E-state index is -0.202. The van der Waals surface area contributed by atoms with Gasteiger partial charge in [0, 0.05) is 5.56 Å². The van der Waals surface area contributed by atoms with Gasteiger partial charge in [0.2, 0.25) is 0 Å². The number of unbranched alkanes of at least 4 members (excludes halogenated alkanes) is 1. The lowest BCUT2D eigenvalue weighted by Crippen LogP contribution is -1.97. The predicted molar refractivity (Wildman–Crippen MR) is 81.6 cm³/mol. The third-order valence-corrected chi connectivity index (χ3v) is 3.21. The van der Waals surface area contributed by atoms with Gasteiger partial charge in [0.05, 0.1) is 13.2 Å². The van der Waals surface area contributed by atoms with Gasteiger partial charge in [-0.05, 0) is 49.8 Å².